The first-order valence-electron chi connectivity index (χ1n) is 5.71. The van der Waals surface area contributed by atoms with Crippen LogP contribution >= 0.6 is 27.3 Å². The summed E-state index contributed by atoms with van der Waals surface area (Å²) in [7, 11) is 0. The number of aromatic nitrogens is 1. The highest BCUT2D eigenvalue weighted by atomic mass is 79.9. The number of benzene rings is 1. The van der Waals surface area contributed by atoms with Gasteiger partial charge in [-0.25, -0.2) is 13.8 Å². The zero-order valence-corrected chi connectivity index (χ0v) is 12.4. The van der Waals surface area contributed by atoms with E-state index in [1.54, 1.807) is 0 Å². The summed E-state index contributed by atoms with van der Waals surface area (Å²) in [6, 6.07) is 7.88. The Morgan fingerprint density at radius 1 is 1.26 bits per heavy atom. The highest BCUT2D eigenvalue weighted by molar-refractivity contribution is 9.10. The molecule has 0 aliphatic rings. The summed E-state index contributed by atoms with van der Waals surface area (Å²) >= 11 is 4.90. The molecule has 1 heterocycles. The van der Waals surface area contributed by atoms with Crippen LogP contribution in [0.3, 0.4) is 0 Å². The molecule has 0 spiro atoms. The zero-order valence-electron chi connectivity index (χ0n) is 9.98. The fraction of sp³-hybridized carbons (Fsp3) is 0.308. The van der Waals surface area contributed by atoms with Crippen molar-refractivity contribution in [3.63, 3.8) is 0 Å². The third kappa shape index (κ3) is 4.63. The van der Waals surface area contributed by atoms with Crippen LogP contribution in [-0.4, -0.2) is 24.6 Å². The van der Waals surface area contributed by atoms with Crippen molar-refractivity contribution in [2.45, 2.75) is 12.8 Å². The molecule has 0 aliphatic heterocycles. The molecule has 2 nitrogen and oxygen atoms in total. The van der Waals surface area contributed by atoms with Gasteiger partial charge in [0.1, 0.15) is 6.61 Å². The summed E-state index contributed by atoms with van der Waals surface area (Å²) in [5.41, 5.74) is 1.94. The first-order chi connectivity index (χ1) is 9.15. The van der Waals surface area contributed by atoms with E-state index in [4.69, 9.17) is 4.74 Å². The van der Waals surface area contributed by atoms with Gasteiger partial charge in [0.25, 0.3) is 6.43 Å². The quantitative estimate of drug-likeness (QED) is 0.722. The molecule has 2 aromatic rings. The SMILES string of the molecule is FC(F)COCCc1nc(-c2ccc(Br)cc2)cs1. The van der Waals surface area contributed by atoms with Gasteiger partial charge >= 0.3 is 0 Å². The number of rotatable bonds is 6. The van der Waals surface area contributed by atoms with Gasteiger partial charge in [0.2, 0.25) is 0 Å². The monoisotopic (exact) mass is 347 g/mol. The number of nitrogens with zero attached hydrogens (tertiary/aromatic N) is 1. The Morgan fingerprint density at radius 2 is 2.00 bits per heavy atom. The van der Waals surface area contributed by atoms with Crippen molar-refractivity contribution >= 4 is 27.3 Å². The number of thiazole rings is 1. The molecular formula is C13H12BrF2NOS. The average Bonchev–Trinajstić information content (AvgIpc) is 2.84. The molecule has 102 valence electrons. The van der Waals surface area contributed by atoms with Gasteiger partial charge in [0.05, 0.1) is 17.3 Å². The summed E-state index contributed by atoms with van der Waals surface area (Å²) < 4.78 is 29.6. The maximum absolute atomic E-state index is 11.9. The summed E-state index contributed by atoms with van der Waals surface area (Å²) in [6.45, 7) is -0.234. The van der Waals surface area contributed by atoms with E-state index >= 15 is 0 Å². The number of hydrogen-bond acceptors (Lipinski definition) is 3. The topological polar surface area (TPSA) is 22.1 Å². The van der Waals surface area contributed by atoms with Gasteiger partial charge in [0, 0.05) is 21.8 Å². The Balaban J connectivity index is 1.90. The second kappa shape index (κ2) is 7.07. The molecule has 6 heteroatoms. The lowest BCUT2D eigenvalue weighted by Crippen LogP contribution is -2.06. The lowest BCUT2D eigenvalue weighted by molar-refractivity contribution is 0.0187. The molecule has 1 aromatic carbocycles. The zero-order chi connectivity index (χ0) is 13.7. The molecule has 0 aliphatic carbocycles. The second-order valence-corrected chi connectivity index (χ2v) is 5.71. The fourth-order valence-corrected chi connectivity index (χ4v) is 2.56. The van der Waals surface area contributed by atoms with E-state index in [1.807, 2.05) is 29.6 Å². The van der Waals surface area contributed by atoms with E-state index in [0.29, 0.717) is 6.42 Å². The van der Waals surface area contributed by atoms with Gasteiger partial charge in [-0.1, -0.05) is 28.1 Å². The predicted molar refractivity (Wildman–Crippen MR) is 75.8 cm³/mol. The minimum Gasteiger partial charge on any atom is -0.375 e. The average molecular weight is 348 g/mol. The van der Waals surface area contributed by atoms with Gasteiger partial charge in [0.15, 0.2) is 0 Å². The van der Waals surface area contributed by atoms with E-state index in [1.165, 1.54) is 11.3 Å². The second-order valence-electron chi connectivity index (χ2n) is 3.85. The van der Waals surface area contributed by atoms with Crippen LogP contribution in [0.15, 0.2) is 34.1 Å². The summed E-state index contributed by atoms with van der Waals surface area (Å²) in [6.07, 6.45) is -1.84. The number of alkyl halides is 2. The van der Waals surface area contributed by atoms with Crippen molar-refractivity contribution in [2.24, 2.45) is 0 Å². The van der Waals surface area contributed by atoms with Crippen molar-refractivity contribution in [3.05, 3.63) is 39.1 Å². The van der Waals surface area contributed by atoms with Gasteiger partial charge < -0.3 is 4.74 Å². The first-order valence-corrected chi connectivity index (χ1v) is 7.38. The summed E-state index contributed by atoms with van der Waals surface area (Å²) in [5, 5.41) is 2.86. The molecular weight excluding hydrogens is 336 g/mol. The molecule has 0 atom stereocenters. The van der Waals surface area contributed by atoms with E-state index in [2.05, 4.69) is 20.9 Å². The lowest BCUT2D eigenvalue weighted by Gasteiger charge is -2.01. The minimum atomic E-state index is -2.41. The number of ether oxygens (including phenoxy) is 1. The van der Waals surface area contributed by atoms with Crippen LogP contribution in [0.1, 0.15) is 5.01 Å². The molecule has 1 aromatic heterocycles. The van der Waals surface area contributed by atoms with Crippen LogP contribution < -0.4 is 0 Å². The maximum Gasteiger partial charge on any atom is 0.261 e. The predicted octanol–water partition coefficient (Wildman–Crippen LogP) is 4.40. The normalized spacial score (nSPS) is 11.2. The van der Waals surface area contributed by atoms with E-state index in [9.17, 15) is 8.78 Å². The van der Waals surface area contributed by atoms with Crippen molar-refractivity contribution in [3.8, 4) is 11.3 Å². The molecule has 0 N–H and O–H groups in total. The minimum absolute atomic E-state index is 0.275. The van der Waals surface area contributed by atoms with Crippen molar-refractivity contribution in [1.29, 1.82) is 0 Å². The maximum atomic E-state index is 11.9. The standard InChI is InChI=1S/C13H12BrF2NOS/c14-10-3-1-9(2-4-10)11-8-19-13(17-11)5-6-18-7-12(15)16/h1-4,8,12H,5-7H2. The van der Waals surface area contributed by atoms with Crippen LogP contribution in [0.4, 0.5) is 8.78 Å². The van der Waals surface area contributed by atoms with Crippen molar-refractivity contribution < 1.29 is 13.5 Å². The smallest absolute Gasteiger partial charge is 0.261 e. The molecule has 2 rings (SSSR count). The van der Waals surface area contributed by atoms with Crippen LogP contribution in [0.25, 0.3) is 11.3 Å². The van der Waals surface area contributed by atoms with Crippen LogP contribution in [0.5, 0.6) is 0 Å². The molecule has 0 fully saturated rings. The van der Waals surface area contributed by atoms with E-state index < -0.39 is 13.0 Å². The van der Waals surface area contributed by atoms with Crippen LogP contribution in [0.2, 0.25) is 0 Å². The lowest BCUT2D eigenvalue weighted by atomic mass is 10.2. The Labute approximate surface area is 122 Å². The number of hydrogen-bond donors (Lipinski definition) is 0. The Morgan fingerprint density at radius 3 is 2.68 bits per heavy atom. The summed E-state index contributed by atoms with van der Waals surface area (Å²) in [4.78, 5) is 4.46. The van der Waals surface area contributed by atoms with Crippen molar-refractivity contribution in [1.82, 2.24) is 4.98 Å². The van der Waals surface area contributed by atoms with Crippen molar-refractivity contribution in [2.75, 3.05) is 13.2 Å². The van der Waals surface area contributed by atoms with E-state index in [0.717, 1.165) is 20.7 Å². The number of halogens is 3. The Kier molecular flexibility index (Phi) is 5.42. The molecule has 0 saturated carbocycles. The van der Waals surface area contributed by atoms with Gasteiger partial charge in [-0.3, -0.25) is 0 Å². The summed E-state index contributed by atoms with van der Waals surface area (Å²) in [5.74, 6) is 0. The van der Waals surface area contributed by atoms with Gasteiger partial charge in [-0.05, 0) is 12.1 Å². The highest BCUT2D eigenvalue weighted by Gasteiger charge is 2.06. The van der Waals surface area contributed by atoms with Gasteiger partial charge in [-0.15, -0.1) is 11.3 Å². The third-order valence-corrected chi connectivity index (χ3v) is 3.83. The molecule has 0 radical (unpaired) electrons. The largest absolute Gasteiger partial charge is 0.375 e. The molecule has 0 unspecified atom stereocenters. The molecule has 0 amide bonds. The molecule has 0 bridgehead atoms. The highest BCUT2D eigenvalue weighted by Crippen LogP contribution is 2.23. The van der Waals surface area contributed by atoms with Gasteiger partial charge in [-0.2, -0.15) is 0 Å². The molecule has 19 heavy (non-hydrogen) atoms. The fourth-order valence-electron chi connectivity index (χ4n) is 1.51. The van der Waals surface area contributed by atoms with E-state index in [-0.39, 0.29) is 6.61 Å². The Hall–Kier alpha value is -0.850. The third-order valence-electron chi connectivity index (χ3n) is 2.40. The Bertz CT molecular complexity index is 516. The first kappa shape index (κ1) is 14.6. The van der Waals surface area contributed by atoms with Crippen LogP contribution in [0, 0.1) is 0 Å². The van der Waals surface area contributed by atoms with Crippen LogP contribution in [-0.2, 0) is 11.2 Å². The molecule has 0 saturated heterocycles.